The standard InChI is InChI=1S/C18H25NO3/c20-12-14-5-1-3-7-16(14)19-18(21)11-13-9-10-22-17-8-4-2-6-15(13)17/h2,4,6,8,13-14,16,20H,1,3,5,7,9-12H2,(H,19,21)/t13-,14-,16+/m0/s1. The third kappa shape index (κ3) is 3.43. The summed E-state index contributed by atoms with van der Waals surface area (Å²) >= 11 is 0. The van der Waals surface area contributed by atoms with E-state index in [9.17, 15) is 9.90 Å². The molecule has 22 heavy (non-hydrogen) atoms. The Morgan fingerprint density at radius 1 is 1.23 bits per heavy atom. The number of rotatable bonds is 4. The van der Waals surface area contributed by atoms with Gasteiger partial charge in [0.25, 0.3) is 0 Å². The molecule has 1 heterocycles. The number of amides is 1. The zero-order valence-electron chi connectivity index (χ0n) is 13.0. The Morgan fingerprint density at radius 3 is 2.91 bits per heavy atom. The minimum absolute atomic E-state index is 0.104. The number of benzene rings is 1. The predicted octanol–water partition coefficient (Wildman–Crippen LogP) is 2.61. The lowest BCUT2D eigenvalue weighted by molar-refractivity contribution is -0.123. The van der Waals surface area contributed by atoms with Gasteiger partial charge in [0.1, 0.15) is 5.75 Å². The van der Waals surface area contributed by atoms with Gasteiger partial charge in [-0.1, -0.05) is 31.0 Å². The molecule has 120 valence electrons. The summed E-state index contributed by atoms with van der Waals surface area (Å²) < 4.78 is 5.65. The second-order valence-electron chi connectivity index (χ2n) is 6.48. The molecule has 2 N–H and O–H groups in total. The molecule has 1 fully saturated rings. The summed E-state index contributed by atoms with van der Waals surface area (Å²) in [4.78, 5) is 12.4. The van der Waals surface area contributed by atoms with Crippen molar-refractivity contribution in [3.05, 3.63) is 29.8 Å². The van der Waals surface area contributed by atoms with Crippen molar-refractivity contribution in [2.75, 3.05) is 13.2 Å². The Kier molecular flexibility index (Phi) is 4.98. The van der Waals surface area contributed by atoms with Gasteiger partial charge in [0.2, 0.25) is 5.91 Å². The summed E-state index contributed by atoms with van der Waals surface area (Å²) in [6.45, 7) is 0.850. The van der Waals surface area contributed by atoms with E-state index in [4.69, 9.17) is 4.74 Å². The van der Waals surface area contributed by atoms with Gasteiger partial charge < -0.3 is 15.2 Å². The van der Waals surface area contributed by atoms with Crippen molar-refractivity contribution in [3.63, 3.8) is 0 Å². The van der Waals surface area contributed by atoms with E-state index in [1.54, 1.807) is 0 Å². The van der Waals surface area contributed by atoms with Crippen LogP contribution in [-0.2, 0) is 4.79 Å². The van der Waals surface area contributed by atoms with Gasteiger partial charge in [-0.05, 0) is 36.8 Å². The topological polar surface area (TPSA) is 58.6 Å². The minimum Gasteiger partial charge on any atom is -0.493 e. The zero-order valence-corrected chi connectivity index (χ0v) is 13.0. The highest BCUT2D eigenvalue weighted by Gasteiger charge is 2.28. The maximum atomic E-state index is 12.4. The molecule has 1 saturated carbocycles. The molecule has 0 spiro atoms. The Hall–Kier alpha value is -1.55. The van der Waals surface area contributed by atoms with Crippen LogP contribution in [0.2, 0.25) is 0 Å². The number of para-hydroxylation sites is 1. The lowest BCUT2D eigenvalue weighted by Gasteiger charge is -2.32. The van der Waals surface area contributed by atoms with Crippen LogP contribution in [0.5, 0.6) is 5.75 Å². The highest BCUT2D eigenvalue weighted by Crippen LogP contribution is 2.35. The molecule has 0 unspecified atom stereocenters. The fourth-order valence-corrected chi connectivity index (χ4v) is 3.73. The third-order valence-electron chi connectivity index (χ3n) is 5.00. The smallest absolute Gasteiger partial charge is 0.220 e. The molecule has 0 bridgehead atoms. The van der Waals surface area contributed by atoms with Crippen LogP contribution >= 0.6 is 0 Å². The second-order valence-corrected chi connectivity index (χ2v) is 6.48. The molecule has 0 saturated heterocycles. The molecule has 1 amide bonds. The van der Waals surface area contributed by atoms with Crippen LogP contribution in [0.1, 0.15) is 50.0 Å². The molecule has 1 aromatic rings. The van der Waals surface area contributed by atoms with Gasteiger partial charge in [0, 0.05) is 25.0 Å². The number of aliphatic hydroxyl groups excluding tert-OH is 1. The SMILES string of the molecule is O=C(C[C@@H]1CCOc2ccccc21)N[C@@H]1CCCC[C@H]1CO. The predicted molar refractivity (Wildman–Crippen MR) is 84.9 cm³/mol. The molecular weight excluding hydrogens is 278 g/mol. The van der Waals surface area contributed by atoms with E-state index in [-0.39, 0.29) is 30.4 Å². The monoisotopic (exact) mass is 303 g/mol. The normalized spacial score (nSPS) is 27.6. The largest absolute Gasteiger partial charge is 0.493 e. The molecule has 4 nitrogen and oxygen atoms in total. The van der Waals surface area contributed by atoms with Crippen LogP contribution in [0, 0.1) is 5.92 Å². The number of fused-ring (bicyclic) bond motifs is 1. The average Bonchev–Trinajstić information content (AvgIpc) is 2.55. The first-order valence-electron chi connectivity index (χ1n) is 8.40. The minimum atomic E-state index is 0.104. The molecule has 2 aliphatic rings. The summed E-state index contributed by atoms with van der Waals surface area (Å²) in [7, 11) is 0. The summed E-state index contributed by atoms with van der Waals surface area (Å²) in [5.41, 5.74) is 1.14. The number of hydrogen-bond donors (Lipinski definition) is 2. The first-order chi connectivity index (χ1) is 10.8. The van der Waals surface area contributed by atoms with Crippen LogP contribution in [0.4, 0.5) is 0 Å². The van der Waals surface area contributed by atoms with E-state index < -0.39 is 0 Å². The van der Waals surface area contributed by atoms with Gasteiger partial charge in [-0.3, -0.25) is 4.79 Å². The Labute approximate surface area is 131 Å². The average molecular weight is 303 g/mol. The first-order valence-corrected chi connectivity index (χ1v) is 8.40. The van der Waals surface area contributed by atoms with Gasteiger partial charge in [0.05, 0.1) is 6.61 Å². The lowest BCUT2D eigenvalue weighted by Crippen LogP contribution is -2.43. The maximum absolute atomic E-state index is 12.4. The van der Waals surface area contributed by atoms with Crippen molar-refractivity contribution in [1.82, 2.24) is 5.32 Å². The lowest BCUT2D eigenvalue weighted by atomic mass is 9.84. The van der Waals surface area contributed by atoms with Crippen molar-refractivity contribution in [2.45, 2.75) is 50.5 Å². The second kappa shape index (κ2) is 7.14. The van der Waals surface area contributed by atoms with E-state index in [1.165, 1.54) is 0 Å². The van der Waals surface area contributed by atoms with E-state index >= 15 is 0 Å². The highest BCUT2D eigenvalue weighted by atomic mass is 16.5. The number of hydrogen-bond acceptors (Lipinski definition) is 3. The first kappa shape index (κ1) is 15.3. The number of carbonyl (C=O) groups is 1. The van der Waals surface area contributed by atoms with E-state index in [0.717, 1.165) is 43.4 Å². The van der Waals surface area contributed by atoms with Gasteiger partial charge in [-0.2, -0.15) is 0 Å². The van der Waals surface area contributed by atoms with E-state index in [1.807, 2.05) is 18.2 Å². The van der Waals surface area contributed by atoms with Crippen molar-refractivity contribution in [3.8, 4) is 5.75 Å². The number of carbonyl (C=O) groups excluding carboxylic acids is 1. The Bertz CT molecular complexity index is 517. The molecule has 1 aliphatic heterocycles. The summed E-state index contributed by atoms with van der Waals surface area (Å²) in [5, 5.41) is 12.6. The van der Waals surface area contributed by atoms with Crippen LogP contribution in [0.3, 0.4) is 0 Å². The Balaban J connectivity index is 1.60. The molecule has 3 rings (SSSR count). The van der Waals surface area contributed by atoms with Crippen molar-refractivity contribution in [1.29, 1.82) is 0 Å². The van der Waals surface area contributed by atoms with Gasteiger partial charge in [-0.25, -0.2) is 0 Å². The highest BCUT2D eigenvalue weighted by molar-refractivity contribution is 5.77. The molecule has 4 heteroatoms. The van der Waals surface area contributed by atoms with E-state index in [0.29, 0.717) is 13.0 Å². The van der Waals surface area contributed by atoms with Crippen molar-refractivity contribution < 1.29 is 14.6 Å². The third-order valence-corrected chi connectivity index (χ3v) is 5.00. The maximum Gasteiger partial charge on any atom is 0.220 e. The van der Waals surface area contributed by atoms with Crippen LogP contribution in [0.15, 0.2) is 24.3 Å². The molecule has 1 aliphatic carbocycles. The van der Waals surface area contributed by atoms with Crippen LogP contribution in [0.25, 0.3) is 0 Å². The molecular formula is C18H25NO3. The summed E-state index contributed by atoms with van der Waals surface area (Å²) in [5.74, 6) is 1.48. The number of ether oxygens (including phenoxy) is 1. The molecule has 3 atom stereocenters. The number of nitrogens with one attached hydrogen (secondary N) is 1. The molecule has 0 aromatic heterocycles. The Morgan fingerprint density at radius 2 is 2.05 bits per heavy atom. The molecule has 1 aromatic carbocycles. The number of aliphatic hydroxyl groups is 1. The van der Waals surface area contributed by atoms with Crippen molar-refractivity contribution >= 4 is 5.91 Å². The van der Waals surface area contributed by atoms with Gasteiger partial charge in [-0.15, -0.1) is 0 Å². The van der Waals surface area contributed by atoms with E-state index in [2.05, 4.69) is 11.4 Å². The zero-order chi connectivity index (χ0) is 15.4. The quantitative estimate of drug-likeness (QED) is 0.899. The fourth-order valence-electron chi connectivity index (χ4n) is 3.73. The summed E-state index contributed by atoms with van der Waals surface area (Å²) in [6.07, 6.45) is 5.70. The fraction of sp³-hybridized carbons (Fsp3) is 0.611. The summed E-state index contributed by atoms with van der Waals surface area (Å²) in [6, 6.07) is 8.14. The van der Waals surface area contributed by atoms with Gasteiger partial charge >= 0.3 is 0 Å². The molecule has 0 radical (unpaired) electrons. The van der Waals surface area contributed by atoms with Crippen LogP contribution < -0.4 is 10.1 Å². The van der Waals surface area contributed by atoms with Crippen molar-refractivity contribution in [2.24, 2.45) is 5.92 Å². The van der Waals surface area contributed by atoms with Crippen LogP contribution in [-0.4, -0.2) is 30.3 Å². The van der Waals surface area contributed by atoms with Gasteiger partial charge in [0.15, 0.2) is 0 Å².